The average molecular weight is 174 g/mol. The lowest BCUT2D eigenvalue weighted by Gasteiger charge is -2.19. The Bertz CT molecular complexity index is 421. The quantitative estimate of drug-likeness (QED) is 0.600. The fraction of sp³-hybridized carbons (Fsp3) is 0.364. The molecule has 0 spiro atoms. The minimum absolute atomic E-state index is 0.183. The SMILES string of the molecule is CC(C)(C)c1cccn2cncc12. The number of hydrogen-bond donors (Lipinski definition) is 0. The first-order chi connectivity index (χ1) is 6.09. The molecule has 0 bridgehead atoms. The molecule has 68 valence electrons. The lowest BCUT2D eigenvalue weighted by atomic mass is 9.87. The molecule has 0 N–H and O–H groups in total. The van der Waals surface area contributed by atoms with Crippen LogP contribution in [-0.4, -0.2) is 9.38 Å². The first-order valence-corrected chi connectivity index (χ1v) is 4.50. The molecule has 0 saturated heterocycles. The summed E-state index contributed by atoms with van der Waals surface area (Å²) < 4.78 is 2.06. The van der Waals surface area contributed by atoms with Crippen molar-refractivity contribution in [3.63, 3.8) is 0 Å². The molecule has 0 aliphatic carbocycles. The van der Waals surface area contributed by atoms with Gasteiger partial charge in [0.15, 0.2) is 0 Å². The van der Waals surface area contributed by atoms with Crippen LogP contribution in [0.4, 0.5) is 0 Å². The zero-order valence-electron chi connectivity index (χ0n) is 8.28. The van der Waals surface area contributed by atoms with Crippen LogP contribution >= 0.6 is 0 Å². The van der Waals surface area contributed by atoms with E-state index in [4.69, 9.17) is 0 Å². The van der Waals surface area contributed by atoms with Crippen molar-refractivity contribution in [2.24, 2.45) is 0 Å². The molecule has 2 aromatic heterocycles. The normalized spacial score (nSPS) is 12.2. The summed E-state index contributed by atoms with van der Waals surface area (Å²) in [7, 11) is 0. The van der Waals surface area contributed by atoms with E-state index in [2.05, 4.69) is 42.3 Å². The van der Waals surface area contributed by atoms with Gasteiger partial charge in [-0.2, -0.15) is 0 Å². The third kappa shape index (κ3) is 1.32. The van der Waals surface area contributed by atoms with Crippen LogP contribution < -0.4 is 0 Å². The summed E-state index contributed by atoms with van der Waals surface area (Å²) in [6.45, 7) is 6.65. The summed E-state index contributed by atoms with van der Waals surface area (Å²) >= 11 is 0. The third-order valence-electron chi connectivity index (χ3n) is 2.26. The number of imidazole rings is 1. The second-order valence-electron chi connectivity index (χ2n) is 4.36. The van der Waals surface area contributed by atoms with Crippen molar-refractivity contribution in [2.75, 3.05) is 0 Å². The van der Waals surface area contributed by atoms with Crippen LogP contribution in [-0.2, 0) is 5.41 Å². The fourth-order valence-electron chi connectivity index (χ4n) is 1.58. The first kappa shape index (κ1) is 8.30. The standard InChI is InChI=1S/C11H14N2/c1-11(2,3)9-5-4-6-13-8-12-7-10(9)13/h4-8H,1-3H3. The van der Waals surface area contributed by atoms with Gasteiger partial charge >= 0.3 is 0 Å². The molecule has 13 heavy (non-hydrogen) atoms. The molecule has 0 aliphatic rings. The van der Waals surface area contributed by atoms with Gasteiger partial charge in [0.1, 0.15) is 0 Å². The zero-order valence-corrected chi connectivity index (χ0v) is 8.28. The lowest BCUT2D eigenvalue weighted by Crippen LogP contribution is -2.12. The molecule has 0 atom stereocenters. The van der Waals surface area contributed by atoms with E-state index in [0.29, 0.717) is 0 Å². The maximum Gasteiger partial charge on any atom is 0.0992 e. The molecule has 0 saturated carbocycles. The van der Waals surface area contributed by atoms with E-state index in [0.717, 1.165) is 0 Å². The Morgan fingerprint density at radius 1 is 1.31 bits per heavy atom. The molecule has 2 rings (SSSR count). The highest BCUT2D eigenvalue weighted by Crippen LogP contribution is 2.25. The highest BCUT2D eigenvalue weighted by Gasteiger charge is 2.16. The molecule has 0 amide bonds. The number of aromatic nitrogens is 2. The van der Waals surface area contributed by atoms with Gasteiger partial charge in [0, 0.05) is 6.20 Å². The van der Waals surface area contributed by atoms with Gasteiger partial charge in [-0.15, -0.1) is 0 Å². The lowest BCUT2D eigenvalue weighted by molar-refractivity contribution is 0.593. The van der Waals surface area contributed by atoms with E-state index in [1.54, 1.807) is 0 Å². The van der Waals surface area contributed by atoms with Gasteiger partial charge < -0.3 is 4.40 Å². The molecular formula is C11H14N2. The highest BCUT2D eigenvalue weighted by molar-refractivity contribution is 5.55. The van der Waals surface area contributed by atoms with E-state index in [-0.39, 0.29) is 5.41 Å². The Morgan fingerprint density at radius 3 is 2.77 bits per heavy atom. The van der Waals surface area contributed by atoms with Gasteiger partial charge in [-0.1, -0.05) is 26.8 Å². The molecule has 0 aliphatic heterocycles. The van der Waals surface area contributed by atoms with Crippen molar-refractivity contribution < 1.29 is 0 Å². The van der Waals surface area contributed by atoms with Crippen LogP contribution in [0.2, 0.25) is 0 Å². The highest BCUT2D eigenvalue weighted by atomic mass is 15.0. The minimum Gasteiger partial charge on any atom is -0.306 e. The number of nitrogens with zero attached hydrogens (tertiary/aromatic N) is 2. The second kappa shape index (κ2) is 2.59. The molecule has 2 aromatic rings. The van der Waals surface area contributed by atoms with Crippen LogP contribution in [0.25, 0.3) is 5.52 Å². The van der Waals surface area contributed by atoms with Crippen molar-refractivity contribution in [1.29, 1.82) is 0 Å². The van der Waals surface area contributed by atoms with Gasteiger partial charge in [0.2, 0.25) is 0 Å². The Hall–Kier alpha value is -1.31. The van der Waals surface area contributed by atoms with E-state index >= 15 is 0 Å². The van der Waals surface area contributed by atoms with Gasteiger partial charge in [0.25, 0.3) is 0 Å². The number of rotatable bonds is 0. The van der Waals surface area contributed by atoms with E-state index in [1.165, 1.54) is 11.1 Å². The number of pyridine rings is 1. The van der Waals surface area contributed by atoms with Crippen LogP contribution in [0.1, 0.15) is 26.3 Å². The molecule has 0 radical (unpaired) electrons. The van der Waals surface area contributed by atoms with Crippen molar-refractivity contribution in [1.82, 2.24) is 9.38 Å². The topological polar surface area (TPSA) is 17.3 Å². The van der Waals surface area contributed by atoms with E-state index in [9.17, 15) is 0 Å². The van der Waals surface area contributed by atoms with Gasteiger partial charge in [-0.05, 0) is 17.0 Å². The van der Waals surface area contributed by atoms with E-state index < -0.39 is 0 Å². The summed E-state index contributed by atoms with van der Waals surface area (Å²) in [4.78, 5) is 4.14. The maximum absolute atomic E-state index is 4.14. The monoisotopic (exact) mass is 174 g/mol. The Morgan fingerprint density at radius 2 is 2.08 bits per heavy atom. The predicted molar refractivity (Wildman–Crippen MR) is 53.9 cm³/mol. The van der Waals surface area contributed by atoms with Crippen molar-refractivity contribution in [3.8, 4) is 0 Å². The number of fused-ring (bicyclic) bond motifs is 1. The average Bonchev–Trinajstić information content (AvgIpc) is 2.48. The van der Waals surface area contributed by atoms with Crippen molar-refractivity contribution in [3.05, 3.63) is 36.4 Å². The summed E-state index contributed by atoms with van der Waals surface area (Å²) in [5.41, 5.74) is 2.73. The molecular weight excluding hydrogens is 160 g/mol. The van der Waals surface area contributed by atoms with Crippen molar-refractivity contribution >= 4 is 5.52 Å². The van der Waals surface area contributed by atoms with E-state index in [1.807, 2.05) is 18.7 Å². The molecule has 0 aromatic carbocycles. The van der Waals surface area contributed by atoms with Crippen LogP contribution in [0.5, 0.6) is 0 Å². The second-order valence-corrected chi connectivity index (χ2v) is 4.36. The van der Waals surface area contributed by atoms with Crippen LogP contribution in [0.3, 0.4) is 0 Å². The molecule has 0 fully saturated rings. The fourth-order valence-corrected chi connectivity index (χ4v) is 1.58. The molecule has 2 nitrogen and oxygen atoms in total. The van der Waals surface area contributed by atoms with Gasteiger partial charge in [-0.3, -0.25) is 0 Å². The largest absolute Gasteiger partial charge is 0.306 e. The molecule has 0 unspecified atom stereocenters. The first-order valence-electron chi connectivity index (χ1n) is 4.50. The smallest absolute Gasteiger partial charge is 0.0992 e. The number of hydrogen-bond acceptors (Lipinski definition) is 1. The summed E-state index contributed by atoms with van der Waals surface area (Å²) in [5, 5.41) is 0. The van der Waals surface area contributed by atoms with Crippen molar-refractivity contribution in [2.45, 2.75) is 26.2 Å². The third-order valence-corrected chi connectivity index (χ3v) is 2.26. The Labute approximate surface area is 78.2 Å². The Balaban J connectivity index is 2.75. The maximum atomic E-state index is 4.14. The minimum atomic E-state index is 0.183. The summed E-state index contributed by atoms with van der Waals surface area (Å²) in [5.74, 6) is 0. The van der Waals surface area contributed by atoms with Crippen LogP contribution in [0.15, 0.2) is 30.9 Å². The van der Waals surface area contributed by atoms with Gasteiger partial charge in [-0.25, -0.2) is 4.98 Å². The zero-order chi connectivity index (χ0) is 9.47. The summed E-state index contributed by atoms with van der Waals surface area (Å²) in [6, 6.07) is 4.23. The predicted octanol–water partition coefficient (Wildman–Crippen LogP) is 2.63. The molecule has 2 heterocycles. The van der Waals surface area contributed by atoms with Gasteiger partial charge in [0.05, 0.1) is 18.0 Å². The van der Waals surface area contributed by atoms with Crippen LogP contribution in [0, 0.1) is 0 Å². The molecule has 2 heteroatoms. The Kier molecular flexibility index (Phi) is 1.65. The summed E-state index contributed by atoms with van der Waals surface area (Å²) in [6.07, 6.45) is 5.78.